The van der Waals surface area contributed by atoms with Crippen molar-refractivity contribution in [1.29, 1.82) is 0 Å². The third-order valence-electron chi connectivity index (χ3n) is 3.57. The van der Waals surface area contributed by atoms with Crippen LogP contribution in [0.4, 0.5) is 0 Å². The molecule has 1 aromatic heterocycles. The minimum atomic E-state index is -0.316. The number of nitrogens with zero attached hydrogens (tertiary/aromatic N) is 1. The molecule has 0 aliphatic heterocycles. The van der Waals surface area contributed by atoms with Crippen molar-refractivity contribution in [2.75, 3.05) is 6.54 Å². The third-order valence-corrected chi connectivity index (χ3v) is 4.35. The van der Waals surface area contributed by atoms with Crippen LogP contribution < -0.4 is 10.1 Å². The molecule has 0 radical (unpaired) electrons. The molecule has 7 heteroatoms. The van der Waals surface area contributed by atoms with Gasteiger partial charge in [0.1, 0.15) is 11.9 Å². The Labute approximate surface area is 164 Å². The second-order valence-corrected chi connectivity index (χ2v) is 7.03. The SMILES string of the molecule is CC(CNC(=O)c1cc(-c2ccc(Br)cc2)on1)Oc1ccc(Cl)cc1. The number of hydrogen-bond donors (Lipinski definition) is 1. The lowest BCUT2D eigenvalue weighted by Crippen LogP contribution is -2.33. The molecule has 2 aromatic carbocycles. The minimum Gasteiger partial charge on any atom is -0.489 e. The van der Waals surface area contributed by atoms with Gasteiger partial charge in [0.05, 0.1) is 6.54 Å². The van der Waals surface area contributed by atoms with Gasteiger partial charge in [0.25, 0.3) is 5.91 Å². The van der Waals surface area contributed by atoms with Gasteiger partial charge in [0.15, 0.2) is 11.5 Å². The Kier molecular flexibility index (Phi) is 5.96. The molecule has 1 unspecified atom stereocenters. The predicted molar refractivity (Wildman–Crippen MR) is 104 cm³/mol. The van der Waals surface area contributed by atoms with E-state index >= 15 is 0 Å². The summed E-state index contributed by atoms with van der Waals surface area (Å²) in [4.78, 5) is 12.2. The first-order valence-electron chi connectivity index (χ1n) is 7.94. The van der Waals surface area contributed by atoms with E-state index in [-0.39, 0.29) is 17.7 Å². The van der Waals surface area contributed by atoms with Crippen LogP contribution in [0.2, 0.25) is 5.02 Å². The molecule has 0 aliphatic carbocycles. The van der Waals surface area contributed by atoms with Crippen LogP contribution in [-0.4, -0.2) is 23.7 Å². The maximum absolute atomic E-state index is 12.2. The standard InChI is InChI=1S/C19H16BrClN2O3/c1-12(25-16-8-6-15(21)7-9-16)11-22-19(24)17-10-18(26-23-17)13-2-4-14(20)5-3-13/h2-10,12H,11H2,1H3,(H,22,24). The van der Waals surface area contributed by atoms with Gasteiger partial charge in [-0.2, -0.15) is 0 Å². The summed E-state index contributed by atoms with van der Waals surface area (Å²) >= 11 is 9.22. The number of carbonyl (C=O) groups excluding carboxylic acids is 1. The van der Waals surface area contributed by atoms with Crippen molar-refractivity contribution >= 4 is 33.4 Å². The smallest absolute Gasteiger partial charge is 0.273 e. The first kappa shape index (κ1) is 18.5. The molecule has 1 atom stereocenters. The van der Waals surface area contributed by atoms with Crippen molar-refractivity contribution < 1.29 is 14.1 Å². The lowest BCUT2D eigenvalue weighted by Gasteiger charge is -2.15. The van der Waals surface area contributed by atoms with Crippen molar-refractivity contribution in [2.45, 2.75) is 13.0 Å². The fourth-order valence-electron chi connectivity index (χ4n) is 2.25. The largest absolute Gasteiger partial charge is 0.489 e. The monoisotopic (exact) mass is 434 g/mol. The van der Waals surface area contributed by atoms with Gasteiger partial charge in [0, 0.05) is 21.1 Å². The van der Waals surface area contributed by atoms with Gasteiger partial charge in [-0.3, -0.25) is 4.79 Å². The predicted octanol–water partition coefficient (Wildman–Crippen LogP) is 4.95. The zero-order valence-electron chi connectivity index (χ0n) is 13.9. The summed E-state index contributed by atoms with van der Waals surface area (Å²) in [5.74, 6) is 0.909. The van der Waals surface area contributed by atoms with E-state index in [1.807, 2.05) is 31.2 Å². The van der Waals surface area contributed by atoms with Crippen LogP contribution in [-0.2, 0) is 0 Å². The summed E-state index contributed by atoms with van der Waals surface area (Å²) in [7, 11) is 0. The number of benzene rings is 2. The van der Waals surface area contributed by atoms with Crippen LogP contribution >= 0.6 is 27.5 Å². The summed E-state index contributed by atoms with van der Waals surface area (Å²) in [6.45, 7) is 2.20. The first-order chi connectivity index (χ1) is 12.5. The lowest BCUT2D eigenvalue weighted by atomic mass is 10.1. The Balaban J connectivity index is 1.55. The zero-order chi connectivity index (χ0) is 18.5. The number of halogens is 2. The Morgan fingerprint density at radius 3 is 2.62 bits per heavy atom. The number of amides is 1. The van der Waals surface area contributed by atoms with Crippen LogP contribution in [0, 0.1) is 0 Å². The molecule has 0 fully saturated rings. The fourth-order valence-corrected chi connectivity index (χ4v) is 2.64. The van der Waals surface area contributed by atoms with Crippen molar-refractivity contribution in [3.8, 4) is 17.1 Å². The topological polar surface area (TPSA) is 64.4 Å². The van der Waals surface area contributed by atoms with Gasteiger partial charge in [-0.15, -0.1) is 0 Å². The van der Waals surface area contributed by atoms with E-state index < -0.39 is 0 Å². The van der Waals surface area contributed by atoms with Crippen molar-refractivity contribution in [3.63, 3.8) is 0 Å². The number of hydrogen-bond acceptors (Lipinski definition) is 4. The highest BCUT2D eigenvalue weighted by Gasteiger charge is 2.15. The Hall–Kier alpha value is -2.31. The van der Waals surface area contributed by atoms with Gasteiger partial charge in [-0.05, 0) is 43.3 Å². The molecule has 3 rings (SSSR count). The van der Waals surface area contributed by atoms with Crippen LogP contribution in [0.15, 0.2) is 63.6 Å². The number of rotatable bonds is 6. The second-order valence-electron chi connectivity index (χ2n) is 5.68. The number of aromatic nitrogens is 1. The number of ether oxygens (including phenoxy) is 1. The highest BCUT2D eigenvalue weighted by Crippen LogP contribution is 2.22. The second kappa shape index (κ2) is 8.38. The quantitative estimate of drug-likeness (QED) is 0.595. The van der Waals surface area contributed by atoms with Crippen LogP contribution in [0.5, 0.6) is 5.75 Å². The summed E-state index contributed by atoms with van der Waals surface area (Å²) in [5, 5.41) is 7.26. The molecule has 0 saturated carbocycles. The molecule has 0 bridgehead atoms. The molecule has 1 amide bonds. The van der Waals surface area contributed by atoms with Gasteiger partial charge >= 0.3 is 0 Å². The molecular formula is C19H16BrClN2O3. The molecule has 0 aliphatic rings. The Morgan fingerprint density at radius 1 is 1.23 bits per heavy atom. The maximum Gasteiger partial charge on any atom is 0.273 e. The average Bonchev–Trinajstić information content (AvgIpc) is 3.12. The van der Waals surface area contributed by atoms with Gasteiger partial charge in [0.2, 0.25) is 0 Å². The highest BCUT2D eigenvalue weighted by atomic mass is 79.9. The summed E-state index contributed by atoms with van der Waals surface area (Å²) in [5.41, 5.74) is 1.07. The molecule has 1 heterocycles. The van der Waals surface area contributed by atoms with Crippen LogP contribution in [0.3, 0.4) is 0 Å². The molecule has 134 valence electrons. The van der Waals surface area contributed by atoms with E-state index in [1.165, 1.54) is 0 Å². The van der Waals surface area contributed by atoms with Gasteiger partial charge < -0.3 is 14.6 Å². The summed E-state index contributed by atoms with van der Waals surface area (Å²) in [6, 6.07) is 16.2. The van der Waals surface area contributed by atoms with Gasteiger partial charge in [-0.25, -0.2) is 0 Å². The molecule has 0 spiro atoms. The Morgan fingerprint density at radius 2 is 1.92 bits per heavy atom. The van der Waals surface area contributed by atoms with E-state index in [2.05, 4.69) is 26.4 Å². The van der Waals surface area contributed by atoms with E-state index in [0.717, 1.165) is 10.0 Å². The van der Waals surface area contributed by atoms with Gasteiger partial charge in [-0.1, -0.05) is 44.8 Å². The van der Waals surface area contributed by atoms with Crippen molar-refractivity contribution in [3.05, 3.63) is 69.8 Å². The van der Waals surface area contributed by atoms with E-state index in [1.54, 1.807) is 30.3 Å². The van der Waals surface area contributed by atoms with E-state index in [4.69, 9.17) is 20.9 Å². The first-order valence-corrected chi connectivity index (χ1v) is 9.11. The third kappa shape index (κ3) is 4.86. The molecule has 3 aromatic rings. The molecule has 0 saturated heterocycles. The fraction of sp³-hybridized carbons (Fsp3) is 0.158. The maximum atomic E-state index is 12.2. The molecule has 1 N–H and O–H groups in total. The molecule has 26 heavy (non-hydrogen) atoms. The normalized spacial score (nSPS) is 11.8. The zero-order valence-corrected chi connectivity index (χ0v) is 16.3. The molecular weight excluding hydrogens is 420 g/mol. The number of nitrogens with one attached hydrogen (secondary N) is 1. The molecule has 5 nitrogen and oxygen atoms in total. The van der Waals surface area contributed by atoms with Crippen LogP contribution in [0.1, 0.15) is 17.4 Å². The summed E-state index contributed by atoms with van der Waals surface area (Å²) < 4.78 is 11.9. The van der Waals surface area contributed by atoms with Crippen molar-refractivity contribution in [1.82, 2.24) is 10.5 Å². The number of carbonyl (C=O) groups is 1. The minimum absolute atomic E-state index is 0.210. The highest BCUT2D eigenvalue weighted by molar-refractivity contribution is 9.10. The summed E-state index contributed by atoms with van der Waals surface area (Å²) in [6.07, 6.45) is -0.210. The lowest BCUT2D eigenvalue weighted by molar-refractivity contribution is 0.0923. The van der Waals surface area contributed by atoms with E-state index in [0.29, 0.717) is 23.1 Å². The Bertz CT molecular complexity index is 879. The van der Waals surface area contributed by atoms with E-state index in [9.17, 15) is 4.79 Å². The van der Waals surface area contributed by atoms with Crippen LogP contribution in [0.25, 0.3) is 11.3 Å². The average molecular weight is 436 g/mol. The van der Waals surface area contributed by atoms with Crippen molar-refractivity contribution in [2.24, 2.45) is 0 Å².